The van der Waals surface area contributed by atoms with Crippen molar-refractivity contribution in [3.05, 3.63) is 45.5 Å². The highest BCUT2D eigenvalue weighted by atomic mass is 79.9. The molecule has 0 atom stereocenters. The van der Waals surface area contributed by atoms with Gasteiger partial charge in [-0.05, 0) is 28.1 Å². The van der Waals surface area contributed by atoms with Gasteiger partial charge in [0.2, 0.25) is 0 Å². The van der Waals surface area contributed by atoms with E-state index in [4.69, 9.17) is 0 Å². The van der Waals surface area contributed by atoms with Gasteiger partial charge in [0.05, 0.1) is 11.9 Å². The normalized spacial score (nSPS) is 10.4. The summed E-state index contributed by atoms with van der Waals surface area (Å²) in [6.45, 7) is 0. The lowest BCUT2D eigenvalue weighted by Crippen LogP contribution is -2.15. The predicted octanol–water partition coefficient (Wildman–Crippen LogP) is 1.33. The van der Waals surface area contributed by atoms with E-state index in [-0.39, 0.29) is 5.56 Å². The van der Waals surface area contributed by atoms with Crippen molar-refractivity contribution in [1.29, 1.82) is 0 Å². The van der Waals surface area contributed by atoms with E-state index in [0.29, 0.717) is 0 Å². The van der Waals surface area contributed by atoms with E-state index in [1.165, 1.54) is 10.6 Å². The molecule has 0 aliphatic rings. The highest BCUT2D eigenvalue weighted by Crippen LogP contribution is 2.13. The van der Waals surface area contributed by atoms with Crippen LogP contribution in [-0.2, 0) is 7.05 Å². The largest absolute Gasteiger partial charge is 0.318 e. The highest BCUT2D eigenvalue weighted by Gasteiger charge is 2.02. The van der Waals surface area contributed by atoms with Gasteiger partial charge in [-0.25, -0.2) is 4.68 Å². The van der Waals surface area contributed by atoms with Gasteiger partial charge in [0, 0.05) is 19.3 Å². The second-order valence-corrected chi connectivity index (χ2v) is 3.71. The van der Waals surface area contributed by atoms with Crippen LogP contribution in [0.1, 0.15) is 0 Å². The molecule has 0 bridgehead atoms. The predicted molar refractivity (Wildman–Crippen MR) is 56.5 cm³/mol. The molecule has 4 nitrogen and oxygen atoms in total. The van der Waals surface area contributed by atoms with E-state index >= 15 is 0 Å². The maximum atomic E-state index is 11.4. The molecule has 5 heteroatoms. The Balaban J connectivity index is 2.59. The molecule has 0 saturated heterocycles. The van der Waals surface area contributed by atoms with E-state index in [1.54, 1.807) is 24.1 Å². The molecule has 2 aromatic rings. The molecule has 0 spiro atoms. The van der Waals surface area contributed by atoms with Gasteiger partial charge < -0.3 is 4.57 Å². The van der Waals surface area contributed by atoms with Gasteiger partial charge in [0.1, 0.15) is 4.60 Å². The number of pyridine rings is 1. The fraction of sp³-hybridized carbons (Fsp3) is 0.111. The lowest BCUT2D eigenvalue weighted by molar-refractivity contribution is 0.818. The second-order valence-electron chi connectivity index (χ2n) is 2.90. The topological polar surface area (TPSA) is 39.8 Å². The Bertz CT molecular complexity index is 515. The maximum Gasteiger partial charge on any atom is 0.252 e. The van der Waals surface area contributed by atoms with Crippen LogP contribution in [0.3, 0.4) is 0 Å². The number of hydrogen-bond donors (Lipinski definition) is 0. The number of aromatic nitrogens is 3. The average molecular weight is 254 g/mol. The quantitative estimate of drug-likeness (QED) is 0.770. The molecular formula is C9H8BrN3O. The molecule has 72 valence electrons. The second kappa shape index (κ2) is 3.42. The van der Waals surface area contributed by atoms with Crippen molar-refractivity contribution in [3.63, 3.8) is 0 Å². The van der Waals surface area contributed by atoms with Crippen molar-refractivity contribution < 1.29 is 0 Å². The first kappa shape index (κ1) is 9.21. The zero-order valence-electron chi connectivity index (χ0n) is 7.51. The minimum Gasteiger partial charge on any atom is -0.318 e. The molecule has 2 aromatic heterocycles. The third kappa shape index (κ3) is 1.50. The van der Waals surface area contributed by atoms with Crippen molar-refractivity contribution in [1.82, 2.24) is 14.3 Å². The lowest BCUT2D eigenvalue weighted by Gasteiger charge is -2.03. The van der Waals surface area contributed by atoms with Crippen LogP contribution in [0, 0.1) is 0 Å². The molecule has 0 aromatic carbocycles. The molecule has 0 saturated carbocycles. The van der Waals surface area contributed by atoms with Crippen LogP contribution >= 0.6 is 15.9 Å². The Morgan fingerprint density at radius 1 is 1.43 bits per heavy atom. The summed E-state index contributed by atoms with van der Waals surface area (Å²) in [5, 5.41) is 4.08. The molecule has 0 radical (unpaired) electrons. The van der Waals surface area contributed by atoms with Gasteiger partial charge >= 0.3 is 0 Å². The third-order valence-corrected chi connectivity index (χ3v) is 2.53. The molecule has 0 fully saturated rings. The Morgan fingerprint density at radius 2 is 2.21 bits per heavy atom. The Morgan fingerprint density at radius 3 is 2.79 bits per heavy atom. The summed E-state index contributed by atoms with van der Waals surface area (Å²) in [5.41, 5.74) is 0.704. The number of aryl methyl sites for hydroxylation is 1. The van der Waals surface area contributed by atoms with Crippen molar-refractivity contribution in [3.8, 4) is 5.69 Å². The number of halogens is 1. The molecule has 0 amide bonds. The standard InChI is InChI=1S/C9H8BrN3O/c1-12-5-3-7(6-9(12)14)13-8(10)2-4-11-13/h2-6H,1H3. The van der Waals surface area contributed by atoms with E-state index in [0.717, 1.165) is 10.3 Å². The van der Waals surface area contributed by atoms with Gasteiger partial charge in [0.25, 0.3) is 5.56 Å². The molecule has 14 heavy (non-hydrogen) atoms. The first-order valence-electron chi connectivity index (χ1n) is 4.05. The zero-order chi connectivity index (χ0) is 10.1. The van der Waals surface area contributed by atoms with Crippen molar-refractivity contribution in [2.75, 3.05) is 0 Å². The summed E-state index contributed by atoms with van der Waals surface area (Å²) in [4.78, 5) is 11.4. The van der Waals surface area contributed by atoms with E-state index in [1.807, 2.05) is 12.1 Å². The number of nitrogens with zero attached hydrogens (tertiary/aromatic N) is 3. The van der Waals surface area contributed by atoms with Crippen LogP contribution in [0.25, 0.3) is 5.69 Å². The van der Waals surface area contributed by atoms with E-state index in [2.05, 4.69) is 21.0 Å². The SMILES string of the molecule is Cn1ccc(-n2nccc2Br)cc1=O. The molecular weight excluding hydrogens is 246 g/mol. The Labute approximate surface area is 88.9 Å². The molecule has 0 N–H and O–H groups in total. The van der Waals surface area contributed by atoms with Gasteiger partial charge in [-0.3, -0.25) is 4.79 Å². The van der Waals surface area contributed by atoms with Crippen LogP contribution in [0.4, 0.5) is 0 Å². The monoisotopic (exact) mass is 253 g/mol. The fourth-order valence-electron chi connectivity index (χ4n) is 1.15. The molecule has 2 rings (SSSR count). The van der Waals surface area contributed by atoms with Crippen LogP contribution in [0.15, 0.2) is 40.0 Å². The third-order valence-electron chi connectivity index (χ3n) is 1.93. The smallest absolute Gasteiger partial charge is 0.252 e. The van der Waals surface area contributed by atoms with Crippen LogP contribution in [-0.4, -0.2) is 14.3 Å². The lowest BCUT2D eigenvalue weighted by atomic mass is 10.4. The first-order valence-corrected chi connectivity index (χ1v) is 4.84. The van der Waals surface area contributed by atoms with E-state index in [9.17, 15) is 4.79 Å². The zero-order valence-corrected chi connectivity index (χ0v) is 9.10. The molecule has 0 unspecified atom stereocenters. The van der Waals surface area contributed by atoms with E-state index < -0.39 is 0 Å². The Hall–Kier alpha value is -1.36. The average Bonchev–Trinajstić information content (AvgIpc) is 2.57. The maximum absolute atomic E-state index is 11.4. The van der Waals surface area contributed by atoms with Gasteiger partial charge in [-0.2, -0.15) is 5.10 Å². The summed E-state index contributed by atoms with van der Waals surface area (Å²) >= 11 is 3.34. The van der Waals surface area contributed by atoms with Gasteiger partial charge in [0.15, 0.2) is 0 Å². The van der Waals surface area contributed by atoms with Crippen LogP contribution in [0.5, 0.6) is 0 Å². The van der Waals surface area contributed by atoms with Crippen LogP contribution in [0.2, 0.25) is 0 Å². The van der Waals surface area contributed by atoms with Gasteiger partial charge in [-0.1, -0.05) is 0 Å². The highest BCUT2D eigenvalue weighted by molar-refractivity contribution is 9.10. The molecule has 0 aliphatic carbocycles. The fourth-order valence-corrected chi connectivity index (χ4v) is 1.56. The number of hydrogen-bond acceptors (Lipinski definition) is 2. The summed E-state index contributed by atoms with van der Waals surface area (Å²) in [6.07, 6.45) is 3.38. The first-order chi connectivity index (χ1) is 6.68. The molecule has 2 heterocycles. The minimum atomic E-state index is -0.0510. The molecule has 0 aliphatic heterocycles. The Kier molecular flexibility index (Phi) is 2.25. The summed E-state index contributed by atoms with van der Waals surface area (Å²) in [6, 6.07) is 5.19. The minimum absolute atomic E-state index is 0.0510. The van der Waals surface area contributed by atoms with Gasteiger partial charge in [-0.15, -0.1) is 0 Å². The summed E-state index contributed by atoms with van der Waals surface area (Å²) in [7, 11) is 1.71. The summed E-state index contributed by atoms with van der Waals surface area (Å²) in [5.74, 6) is 0. The number of rotatable bonds is 1. The van der Waals surface area contributed by atoms with Crippen LogP contribution < -0.4 is 5.56 Å². The van der Waals surface area contributed by atoms with Crippen molar-refractivity contribution >= 4 is 15.9 Å². The summed E-state index contributed by atoms with van der Waals surface area (Å²) < 4.78 is 3.99. The van der Waals surface area contributed by atoms with Crippen molar-refractivity contribution in [2.45, 2.75) is 0 Å². The van der Waals surface area contributed by atoms with Crippen molar-refractivity contribution in [2.24, 2.45) is 7.05 Å².